The number of hydrogen-bond donors (Lipinski definition) is 2. The molecule has 10 heteroatoms. The van der Waals surface area contributed by atoms with Crippen LogP contribution < -0.4 is 25.0 Å². The van der Waals surface area contributed by atoms with E-state index in [1.54, 1.807) is 31.2 Å². The minimum absolute atomic E-state index is 0.240. The Morgan fingerprint density at radius 1 is 0.818 bits per heavy atom. The van der Waals surface area contributed by atoms with E-state index in [0.717, 1.165) is 11.1 Å². The number of rotatable bonds is 14. The second-order valence-corrected chi connectivity index (χ2v) is 10.6. The van der Waals surface area contributed by atoms with Crippen LogP contribution in [0.5, 0.6) is 17.2 Å². The van der Waals surface area contributed by atoms with E-state index in [1.165, 1.54) is 12.3 Å². The number of nitrogens with zero attached hydrogens (tertiary/aromatic N) is 1. The summed E-state index contributed by atoms with van der Waals surface area (Å²) in [6, 6.07) is 28.4. The number of carbonyl (C=O) groups is 2. The molecule has 228 valence electrons. The Bertz CT molecular complexity index is 1570. The second-order valence-electron chi connectivity index (χ2n) is 9.73. The van der Waals surface area contributed by atoms with Crippen molar-refractivity contribution in [3.8, 4) is 17.2 Å². The average molecular weight is 635 g/mol. The zero-order valence-corrected chi connectivity index (χ0v) is 25.8. The van der Waals surface area contributed by atoms with E-state index in [2.05, 4.69) is 15.8 Å². The van der Waals surface area contributed by atoms with E-state index in [9.17, 15) is 9.59 Å². The molecule has 0 aromatic heterocycles. The number of ether oxygens (including phenoxy) is 3. The molecular formula is C34H33Cl2N3O5. The maximum absolute atomic E-state index is 13.2. The number of nitrogens with one attached hydrogen (secondary N) is 2. The van der Waals surface area contributed by atoms with Crippen LogP contribution in [-0.2, 0) is 22.6 Å². The molecule has 0 aliphatic rings. The topological polar surface area (TPSA) is 98.2 Å². The van der Waals surface area contributed by atoms with Crippen molar-refractivity contribution in [1.29, 1.82) is 0 Å². The molecule has 0 heterocycles. The predicted octanol–water partition coefficient (Wildman–Crippen LogP) is 6.62. The first-order valence-corrected chi connectivity index (χ1v) is 14.8. The van der Waals surface area contributed by atoms with Gasteiger partial charge >= 0.3 is 0 Å². The molecule has 0 saturated heterocycles. The summed E-state index contributed by atoms with van der Waals surface area (Å²) in [7, 11) is 0. The Balaban J connectivity index is 1.41. The highest BCUT2D eigenvalue weighted by atomic mass is 35.5. The summed E-state index contributed by atoms with van der Waals surface area (Å²) in [6.07, 6.45) is 0.796. The van der Waals surface area contributed by atoms with E-state index in [4.69, 9.17) is 37.4 Å². The number of hydrazone groups is 1. The third-order valence-corrected chi connectivity index (χ3v) is 6.91. The first-order chi connectivity index (χ1) is 21.3. The van der Waals surface area contributed by atoms with Gasteiger partial charge in [0.05, 0.1) is 17.8 Å². The monoisotopic (exact) mass is 633 g/mol. The van der Waals surface area contributed by atoms with E-state index >= 15 is 0 Å². The van der Waals surface area contributed by atoms with Gasteiger partial charge in [0.2, 0.25) is 0 Å². The van der Waals surface area contributed by atoms with Gasteiger partial charge in [0.1, 0.15) is 18.4 Å². The highest BCUT2D eigenvalue weighted by Gasteiger charge is 2.25. The van der Waals surface area contributed by atoms with Crippen molar-refractivity contribution >= 4 is 41.2 Å². The van der Waals surface area contributed by atoms with Crippen LogP contribution in [0.25, 0.3) is 0 Å². The lowest BCUT2D eigenvalue weighted by molar-refractivity contribution is -0.132. The van der Waals surface area contributed by atoms with Crippen molar-refractivity contribution in [3.63, 3.8) is 0 Å². The average Bonchev–Trinajstić information content (AvgIpc) is 3.02. The van der Waals surface area contributed by atoms with Crippen molar-refractivity contribution in [1.82, 2.24) is 10.7 Å². The van der Waals surface area contributed by atoms with Crippen molar-refractivity contribution in [2.24, 2.45) is 5.10 Å². The summed E-state index contributed by atoms with van der Waals surface area (Å²) < 4.78 is 17.5. The van der Waals surface area contributed by atoms with Crippen molar-refractivity contribution in [3.05, 3.63) is 124 Å². The molecule has 0 radical (unpaired) electrons. The van der Waals surface area contributed by atoms with Crippen LogP contribution in [0.3, 0.4) is 0 Å². The smallest absolute Gasteiger partial charge is 0.262 e. The molecule has 0 unspecified atom stereocenters. The van der Waals surface area contributed by atoms with Crippen LogP contribution in [0.4, 0.5) is 0 Å². The molecule has 8 nitrogen and oxygen atoms in total. The van der Waals surface area contributed by atoms with Gasteiger partial charge < -0.3 is 19.5 Å². The summed E-state index contributed by atoms with van der Waals surface area (Å²) in [5.41, 5.74) is 5.12. The minimum atomic E-state index is -0.942. The van der Waals surface area contributed by atoms with Gasteiger partial charge in [0, 0.05) is 11.4 Å². The van der Waals surface area contributed by atoms with Crippen LogP contribution in [0.1, 0.15) is 30.5 Å². The molecule has 2 atom stereocenters. The van der Waals surface area contributed by atoms with Crippen molar-refractivity contribution < 1.29 is 23.8 Å². The van der Waals surface area contributed by atoms with Gasteiger partial charge in [-0.05, 0) is 66.9 Å². The Morgan fingerprint density at radius 2 is 1.50 bits per heavy atom. The third-order valence-electron chi connectivity index (χ3n) is 6.38. The molecule has 4 aromatic rings. The lowest BCUT2D eigenvalue weighted by Crippen LogP contribution is -2.50. The Morgan fingerprint density at radius 3 is 2.18 bits per heavy atom. The fourth-order valence-electron chi connectivity index (χ4n) is 4.14. The fourth-order valence-corrected chi connectivity index (χ4v) is 4.59. The van der Waals surface area contributed by atoms with Gasteiger partial charge in [-0.1, -0.05) is 83.9 Å². The van der Waals surface area contributed by atoms with Gasteiger partial charge in [-0.25, -0.2) is 5.43 Å². The second kappa shape index (κ2) is 16.4. The highest BCUT2D eigenvalue weighted by Crippen LogP contribution is 2.29. The van der Waals surface area contributed by atoms with Crippen LogP contribution in [0, 0.1) is 0 Å². The number of hydrogen-bond acceptors (Lipinski definition) is 6. The van der Waals surface area contributed by atoms with Crippen LogP contribution in [0.15, 0.2) is 102 Å². The standard InChI is InChI=1S/C34H33Cl2N3O5/c1-3-42-32-19-26(14-16-31(32)43-22-25-12-8-5-9-13-25)21-37-39-34(41)29(18-24-10-6-4-7-11-24)38-33(40)23(2)44-30-17-15-27(35)20-28(30)36/h4-17,19-21,23,29H,3,18,22H2,1-2H3,(H,38,40)(H,39,41)/b37-21-/t23-,29-/m0/s1. The molecule has 0 spiro atoms. The summed E-state index contributed by atoms with van der Waals surface area (Å²) in [5, 5.41) is 7.62. The largest absolute Gasteiger partial charge is 0.490 e. The van der Waals surface area contributed by atoms with E-state index < -0.39 is 24.0 Å². The van der Waals surface area contributed by atoms with E-state index in [-0.39, 0.29) is 11.4 Å². The van der Waals surface area contributed by atoms with Crippen molar-refractivity contribution in [2.75, 3.05) is 6.61 Å². The number of benzene rings is 4. The van der Waals surface area contributed by atoms with Gasteiger partial charge in [0.25, 0.3) is 11.8 Å². The van der Waals surface area contributed by atoms with Crippen LogP contribution in [-0.4, -0.2) is 36.8 Å². The maximum Gasteiger partial charge on any atom is 0.262 e. The highest BCUT2D eigenvalue weighted by molar-refractivity contribution is 6.35. The third kappa shape index (κ3) is 9.76. The predicted molar refractivity (Wildman–Crippen MR) is 173 cm³/mol. The molecular weight excluding hydrogens is 601 g/mol. The van der Waals surface area contributed by atoms with Crippen LogP contribution in [0.2, 0.25) is 10.0 Å². The molecule has 44 heavy (non-hydrogen) atoms. The van der Waals surface area contributed by atoms with Gasteiger partial charge in [-0.3, -0.25) is 9.59 Å². The summed E-state index contributed by atoms with van der Waals surface area (Å²) in [6.45, 7) is 4.31. The van der Waals surface area contributed by atoms with Gasteiger partial charge in [0.15, 0.2) is 17.6 Å². The Hall–Kier alpha value is -4.53. The first-order valence-electron chi connectivity index (χ1n) is 14.0. The molecule has 0 aliphatic heterocycles. The SMILES string of the molecule is CCOc1cc(/C=N\NC(=O)[C@H](Cc2ccccc2)NC(=O)[C@H](C)Oc2ccc(Cl)cc2Cl)ccc1OCc1ccccc1. The van der Waals surface area contributed by atoms with E-state index in [0.29, 0.717) is 41.0 Å². The molecule has 0 bridgehead atoms. The van der Waals surface area contributed by atoms with Gasteiger partial charge in [-0.2, -0.15) is 5.10 Å². The summed E-state index contributed by atoms with van der Waals surface area (Å²) >= 11 is 12.1. The van der Waals surface area contributed by atoms with E-state index in [1.807, 2.05) is 73.7 Å². The number of halogens is 2. The fraction of sp³-hybridized carbons (Fsp3) is 0.206. The zero-order chi connectivity index (χ0) is 31.3. The lowest BCUT2D eigenvalue weighted by atomic mass is 10.1. The minimum Gasteiger partial charge on any atom is -0.490 e. The maximum atomic E-state index is 13.2. The summed E-state index contributed by atoms with van der Waals surface area (Å²) in [4.78, 5) is 26.3. The molecule has 0 saturated carbocycles. The molecule has 0 fully saturated rings. The van der Waals surface area contributed by atoms with Crippen LogP contribution >= 0.6 is 23.2 Å². The normalized spacial score (nSPS) is 12.3. The molecule has 4 aromatic carbocycles. The number of carbonyl (C=O) groups excluding carboxylic acids is 2. The number of amides is 2. The first kappa shape index (κ1) is 32.4. The molecule has 2 N–H and O–H groups in total. The summed E-state index contributed by atoms with van der Waals surface area (Å²) in [5.74, 6) is 0.461. The molecule has 2 amide bonds. The molecule has 4 rings (SSSR count). The van der Waals surface area contributed by atoms with Gasteiger partial charge in [-0.15, -0.1) is 0 Å². The Kier molecular flexibility index (Phi) is 12.0. The Labute approximate surface area is 266 Å². The quantitative estimate of drug-likeness (QED) is 0.120. The molecule has 0 aliphatic carbocycles. The van der Waals surface area contributed by atoms with Crippen molar-refractivity contribution in [2.45, 2.75) is 39.0 Å². The zero-order valence-electron chi connectivity index (χ0n) is 24.3. The lowest BCUT2D eigenvalue weighted by Gasteiger charge is -2.21.